The lowest BCUT2D eigenvalue weighted by Crippen LogP contribution is -2.43. The van der Waals surface area contributed by atoms with Crippen LogP contribution in [0.25, 0.3) is 0 Å². The van der Waals surface area contributed by atoms with Gasteiger partial charge in [-0.15, -0.1) is 0 Å². The van der Waals surface area contributed by atoms with E-state index in [0.717, 1.165) is 25.7 Å². The molecule has 0 radical (unpaired) electrons. The Bertz CT molecular complexity index is 186. The SMILES string of the molecule is CCCC(C)(CNC)CN(CCO)C1CC1. The summed E-state index contributed by atoms with van der Waals surface area (Å²) >= 11 is 0. The maximum absolute atomic E-state index is 9.11. The van der Waals surface area contributed by atoms with Gasteiger partial charge in [-0.3, -0.25) is 4.90 Å². The van der Waals surface area contributed by atoms with Crippen LogP contribution >= 0.6 is 0 Å². The van der Waals surface area contributed by atoms with Crippen molar-refractivity contribution < 1.29 is 5.11 Å². The average Bonchev–Trinajstić information content (AvgIpc) is 3.00. The van der Waals surface area contributed by atoms with Crippen molar-refractivity contribution in [1.29, 1.82) is 0 Å². The molecule has 0 aliphatic heterocycles. The fraction of sp³-hybridized carbons (Fsp3) is 1.00. The number of rotatable bonds is 9. The zero-order chi connectivity index (χ0) is 12.0. The summed E-state index contributed by atoms with van der Waals surface area (Å²) in [6.07, 6.45) is 5.13. The van der Waals surface area contributed by atoms with E-state index >= 15 is 0 Å². The van der Waals surface area contributed by atoms with Gasteiger partial charge < -0.3 is 10.4 Å². The second-order valence-electron chi connectivity index (χ2n) is 5.52. The highest BCUT2D eigenvalue weighted by atomic mass is 16.3. The normalized spacial score (nSPS) is 20.1. The first kappa shape index (κ1) is 13.9. The predicted molar refractivity (Wildman–Crippen MR) is 68.6 cm³/mol. The molecule has 0 aromatic rings. The van der Waals surface area contributed by atoms with Crippen molar-refractivity contribution in [1.82, 2.24) is 10.2 Å². The number of hydrogen-bond acceptors (Lipinski definition) is 3. The largest absolute Gasteiger partial charge is 0.395 e. The van der Waals surface area contributed by atoms with E-state index in [0.29, 0.717) is 5.41 Å². The molecular formula is C13H28N2O. The Labute approximate surface area is 100 Å². The molecule has 0 bridgehead atoms. The topological polar surface area (TPSA) is 35.5 Å². The van der Waals surface area contributed by atoms with Gasteiger partial charge in [0.15, 0.2) is 0 Å². The van der Waals surface area contributed by atoms with Crippen LogP contribution in [-0.2, 0) is 0 Å². The summed E-state index contributed by atoms with van der Waals surface area (Å²) in [5, 5.41) is 12.4. The van der Waals surface area contributed by atoms with E-state index in [1.54, 1.807) is 0 Å². The van der Waals surface area contributed by atoms with Crippen molar-refractivity contribution in [3.8, 4) is 0 Å². The summed E-state index contributed by atoms with van der Waals surface area (Å²) in [6, 6.07) is 0.750. The molecular weight excluding hydrogens is 200 g/mol. The molecule has 2 N–H and O–H groups in total. The first-order chi connectivity index (χ1) is 7.65. The van der Waals surface area contributed by atoms with Crippen molar-refractivity contribution in [3.05, 3.63) is 0 Å². The minimum atomic E-state index is 0.290. The Morgan fingerprint density at radius 2 is 2.12 bits per heavy atom. The lowest BCUT2D eigenvalue weighted by molar-refractivity contribution is 0.120. The van der Waals surface area contributed by atoms with E-state index in [4.69, 9.17) is 5.11 Å². The van der Waals surface area contributed by atoms with Crippen LogP contribution in [-0.4, -0.2) is 49.3 Å². The third-order valence-corrected chi connectivity index (χ3v) is 3.49. The molecule has 0 heterocycles. The Morgan fingerprint density at radius 1 is 1.44 bits per heavy atom. The van der Waals surface area contributed by atoms with E-state index in [-0.39, 0.29) is 6.61 Å². The van der Waals surface area contributed by atoms with Gasteiger partial charge in [-0.05, 0) is 31.7 Å². The number of aliphatic hydroxyl groups excluding tert-OH is 1. The average molecular weight is 228 g/mol. The van der Waals surface area contributed by atoms with E-state index in [1.165, 1.54) is 25.7 Å². The highest BCUT2D eigenvalue weighted by molar-refractivity contribution is 4.89. The predicted octanol–water partition coefficient (Wildman–Crippen LogP) is 1.47. The summed E-state index contributed by atoms with van der Waals surface area (Å²) in [7, 11) is 2.03. The zero-order valence-corrected chi connectivity index (χ0v) is 11.1. The minimum absolute atomic E-state index is 0.290. The molecule has 1 saturated carbocycles. The zero-order valence-electron chi connectivity index (χ0n) is 11.1. The van der Waals surface area contributed by atoms with Gasteiger partial charge in [0.05, 0.1) is 6.61 Å². The van der Waals surface area contributed by atoms with Gasteiger partial charge >= 0.3 is 0 Å². The smallest absolute Gasteiger partial charge is 0.0558 e. The van der Waals surface area contributed by atoms with Gasteiger partial charge in [-0.1, -0.05) is 20.3 Å². The second kappa shape index (κ2) is 6.58. The van der Waals surface area contributed by atoms with E-state index in [2.05, 4.69) is 24.1 Å². The van der Waals surface area contributed by atoms with Crippen molar-refractivity contribution in [2.75, 3.05) is 33.3 Å². The molecule has 1 atom stereocenters. The van der Waals surface area contributed by atoms with Crippen LogP contribution in [0.15, 0.2) is 0 Å². The summed E-state index contributed by atoms with van der Waals surface area (Å²) in [5.74, 6) is 0. The van der Waals surface area contributed by atoms with Gasteiger partial charge in [0.25, 0.3) is 0 Å². The summed E-state index contributed by atoms with van der Waals surface area (Å²) in [6.45, 7) is 7.93. The third kappa shape index (κ3) is 4.40. The van der Waals surface area contributed by atoms with Crippen LogP contribution in [0.3, 0.4) is 0 Å². The summed E-state index contributed by atoms with van der Waals surface area (Å²) < 4.78 is 0. The number of nitrogens with zero attached hydrogens (tertiary/aromatic N) is 1. The van der Waals surface area contributed by atoms with Gasteiger partial charge in [0.1, 0.15) is 0 Å². The lowest BCUT2D eigenvalue weighted by atomic mass is 9.84. The van der Waals surface area contributed by atoms with E-state index in [1.807, 2.05) is 7.05 Å². The molecule has 3 heteroatoms. The Balaban J connectivity index is 2.49. The molecule has 3 nitrogen and oxygen atoms in total. The van der Waals surface area contributed by atoms with Crippen LogP contribution in [0, 0.1) is 5.41 Å². The van der Waals surface area contributed by atoms with Crippen molar-refractivity contribution in [3.63, 3.8) is 0 Å². The van der Waals surface area contributed by atoms with Crippen LogP contribution < -0.4 is 5.32 Å². The molecule has 1 unspecified atom stereocenters. The maximum atomic E-state index is 9.11. The van der Waals surface area contributed by atoms with Crippen molar-refractivity contribution in [2.24, 2.45) is 5.41 Å². The quantitative estimate of drug-likeness (QED) is 0.627. The van der Waals surface area contributed by atoms with Gasteiger partial charge in [-0.25, -0.2) is 0 Å². The molecule has 96 valence electrons. The molecule has 0 saturated heterocycles. The fourth-order valence-corrected chi connectivity index (χ4v) is 2.70. The third-order valence-electron chi connectivity index (χ3n) is 3.49. The lowest BCUT2D eigenvalue weighted by Gasteiger charge is -2.35. The highest BCUT2D eigenvalue weighted by Gasteiger charge is 2.33. The second-order valence-corrected chi connectivity index (χ2v) is 5.52. The number of aliphatic hydroxyl groups is 1. The molecule has 1 rings (SSSR count). The van der Waals surface area contributed by atoms with Crippen molar-refractivity contribution in [2.45, 2.75) is 45.6 Å². The van der Waals surface area contributed by atoms with Crippen LogP contribution in [0.4, 0.5) is 0 Å². The monoisotopic (exact) mass is 228 g/mol. The van der Waals surface area contributed by atoms with Crippen LogP contribution in [0.5, 0.6) is 0 Å². The molecule has 0 aromatic heterocycles. The first-order valence-electron chi connectivity index (χ1n) is 6.64. The maximum Gasteiger partial charge on any atom is 0.0558 e. The van der Waals surface area contributed by atoms with Gasteiger partial charge in [-0.2, -0.15) is 0 Å². The Morgan fingerprint density at radius 3 is 2.56 bits per heavy atom. The minimum Gasteiger partial charge on any atom is -0.395 e. The number of nitrogens with one attached hydrogen (secondary N) is 1. The molecule has 0 amide bonds. The van der Waals surface area contributed by atoms with Gasteiger partial charge in [0.2, 0.25) is 0 Å². The summed E-state index contributed by atoms with van der Waals surface area (Å²) in [5.41, 5.74) is 0.348. The fourth-order valence-electron chi connectivity index (χ4n) is 2.70. The molecule has 0 spiro atoms. The Kier molecular flexibility index (Phi) is 5.73. The van der Waals surface area contributed by atoms with Gasteiger partial charge in [0, 0.05) is 25.7 Å². The highest BCUT2D eigenvalue weighted by Crippen LogP contribution is 2.31. The van der Waals surface area contributed by atoms with E-state index < -0.39 is 0 Å². The molecule has 1 aliphatic carbocycles. The molecule has 16 heavy (non-hydrogen) atoms. The Hall–Kier alpha value is -0.120. The molecule has 1 fully saturated rings. The van der Waals surface area contributed by atoms with E-state index in [9.17, 15) is 0 Å². The summed E-state index contributed by atoms with van der Waals surface area (Å²) in [4.78, 5) is 2.48. The first-order valence-corrected chi connectivity index (χ1v) is 6.64. The molecule has 1 aliphatic rings. The number of hydrogen-bond donors (Lipinski definition) is 2. The van der Waals surface area contributed by atoms with Crippen molar-refractivity contribution >= 4 is 0 Å². The van der Waals surface area contributed by atoms with Crippen LogP contribution in [0.1, 0.15) is 39.5 Å². The molecule has 0 aromatic carbocycles. The van der Waals surface area contributed by atoms with Crippen LogP contribution in [0.2, 0.25) is 0 Å². The standard InChI is InChI=1S/C13H28N2O/c1-4-7-13(2,10-14-3)11-15(8-9-16)12-5-6-12/h12,14,16H,4-11H2,1-3H3.